The van der Waals surface area contributed by atoms with Crippen molar-refractivity contribution in [3.8, 4) is 0 Å². The molecule has 6 heteroatoms. The van der Waals surface area contributed by atoms with Crippen LogP contribution in [0, 0.1) is 5.82 Å². The molecule has 1 aliphatic heterocycles. The molecule has 1 atom stereocenters. The van der Waals surface area contributed by atoms with Gasteiger partial charge in [0, 0.05) is 31.2 Å². The molecule has 0 bridgehead atoms. The number of amides is 1. The molecule has 142 valence electrons. The molecule has 0 spiro atoms. The lowest BCUT2D eigenvalue weighted by molar-refractivity contribution is -0.132. The third-order valence-corrected chi connectivity index (χ3v) is 5.60. The summed E-state index contributed by atoms with van der Waals surface area (Å²) in [7, 11) is 0. The van der Waals surface area contributed by atoms with Crippen molar-refractivity contribution in [2.24, 2.45) is 0 Å². The molecule has 1 saturated heterocycles. The maximum absolute atomic E-state index is 13.5. The van der Waals surface area contributed by atoms with E-state index in [0.29, 0.717) is 18.5 Å². The number of nitrogens with one attached hydrogen (secondary N) is 1. The van der Waals surface area contributed by atoms with E-state index in [2.05, 4.69) is 32.7 Å². The average molecular weight is 376 g/mol. The van der Waals surface area contributed by atoms with Gasteiger partial charge in [-0.2, -0.15) is 0 Å². The second kappa shape index (κ2) is 6.78. The van der Waals surface area contributed by atoms with Crippen LogP contribution < -0.4 is 0 Å². The first-order valence-corrected chi connectivity index (χ1v) is 9.67. The second-order valence-electron chi connectivity index (χ2n) is 7.35. The maximum Gasteiger partial charge on any atom is 0.224 e. The maximum atomic E-state index is 13.5. The van der Waals surface area contributed by atoms with Crippen molar-refractivity contribution < 1.29 is 9.18 Å². The first-order chi connectivity index (χ1) is 13.7. The molecule has 1 N–H and O–H groups in total. The van der Waals surface area contributed by atoms with Gasteiger partial charge in [0.2, 0.25) is 5.91 Å². The van der Waals surface area contributed by atoms with E-state index in [1.807, 2.05) is 23.2 Å². The van der Waals surface area contributed by atoms with Crippen LogP contribution in [0.25, 0.3) is 21.9 Å². The van der Waals surface area contributed by atoms with E-state index in [4.69, 9.17) is 0 Å². The monoisotopic (exact) mass is 376 g/mol. The number of aryl methyl sites for hydroxylation is 1. The third-order valence-electron chi connectivity index (χ3n) is 5.60. The van der Waals surface area contributed by atoms with Crippen LogP contribution >= 0.6 is 0 Å². The Morgan fingerprint density at radius 2 is 2.11 bits per heavy atom. The second-order valence-corrected chi connectivity index (χ2v) is 7.35. The highest BCUT2D eigenvalue weighted by molar-refractivity contribution is 5.81. The van der Waals surface area contributed by atoms with Crippen LogP contribution in [0.2, 0.25) is 0 Å². The molecule has 28 heavy (non-hydrogen) atoms. The van der Waals surface area contributed by atoms with Crippen LogP contribution in [0.3, 0.4) is 0 Å². The Hall–Kier alpha value is -3.15. The van der Waals surface area contributed by atoms with Crippen molar-refractivity contribution in [3.63, 3.8) is 0 Å². The number of fused-ring (bicyclic) bond motifs is 2. The molecule has 1 unspecified atom stereocenters. The largest absolute Gasteiger partial charge is 0.347 e. The van der Waals surface area contributed by atoms with Crippen molar-refractivity contribution in [3.05, 3.63) is 66.4 Å². The fourth-order valence-corrected chi connectivity index (χ4v) is 4.20. The van der Waals surface area contributed by atoms with Gasteiger partial charge in [-0.15, -0.1) is 0 Å². The minimum atomic E-state index is -0.291. The van der Waals surface area contributed by atoms with Gasteiger partial charge in [0.25, 0.3) is 0 Å². The van der Waals surface area contributed by atoms with Crippen molar-refractivity contribution in [1.82, 2.24) is 19.4 Å². The Morgan fingerprint density at radius 3 is 3.04 bits per heavy atom. The zero-order valence-corrected chi connectivity index (χ0v) is 15.4. The minimum absolute atomic E-state index is 0.0654. The number of likely N-dealkylation sites (tertiary alicyclic amines) is 1. The van der Waals surface area contributed by atoms with Crippen molar-refractivity contribution in [2.75, 3.05) is 6.54 Å². The topological polar surface area (TPSA) is 53.9 Å². The van der Waals surface area contributed by atoms with Crippen LogP contribution in [0.4, 0.5) is 4.39 Å². The summed E-state index contributed by atoms with van der Waals surface area (Å²) in [6.07, 6.45) is 4.31. The Bertz CT molecular complexity index is 1160. The van der Waals surface area contributed by atoms with Crippen LogP contribution in [0.15, 0.2) is 54.7 Å². The summed E-state index contributed by atoms with van der Waals surface area (Å²) in [5.41, 5.74) is 2.55. The fraction of sp³-hybridized carbons (Fsp3) is 0.273. The van der Waals surface area contributed by atoms with E-state index in [-0.39, 0.29) is 17.8 Å². The average Bonchev–Trinajstić information content (AvgIpc) is 3.43. The predicted octanol–water partition coefficient (Wildman–Crippen LogP) is 4.41. The Kier molecular flexibility index (Phi) is 4.11. The summed E-state index contributed by atoms with van der Waals surface area (Å²) in [6, 6.07) is 14.7. The first-order valence-electron chi connectivity index (χ1n) is 9.67. The van der Waals surface area contributed by atoms with Gasteiger partial charge in [0.15, 0.2) is 0 Å². The van der Waals surface area contributed by atoms with Gasteiger partial charge in [-0.3, -0.25) is 4.79 Å². The lowest BCUT2D eigenvalue weighted by Gasteiger charge is -2.23. The molecule has 5 rings (SSSR count). The lowest BCUT2D eigenvalue weighted by atomic mass is 10.2. The van der Waals surface area contributed by atoms with Crippen LogP contribution in [-0.4, -0.2) is 31.9 Å². The number of rotatable bonds is 4. The van der Waals surface area contributed by atoms with E-state index in [1.54, 1.807) is 6.07 Å². The Morgan fingerprint density at radius 1 is 1.21 bits per heavy atom. The first kappa shape index (κ1) is 17.0. The molecular formula is C22H21FN4O. The quantitative estimate of drug-likeness (QED) is 0.574. The number of halogens is 1. The SMILES string of the molecule is O=C(CCn1ccc2ccccc21)N1CCCC1c1nc2ccc(F)cc2[nH]1. The number of hydrogen-bond donors (Lipinski definition) is 1. The number of benzene rings is 2. The molecule has 2 aromatic heterocycles. The van der Waals surface area contributed by atoms with Crippen LogP contribution in [0.5, 0.6) is 0 Å². The zero-order chi connectivity index (χ0) is 19.1. The van der Waals surface area contributed by atoms with Crippen LogP contribution in [-0.2, 0) is 11.3 Å². The van der Waals surface area contributed by atoms with E-state index in [9.17, 15) is 9.18 Å². The lowest BCUT2D eigenvalue weighted by Crippen LogP contribution is -2.31. The number of imidazole rings is 1. The number of carbonyl (C=O) groups excluding carboxylic acids is 1. The van der Waals surface area contributed by atoms with Gasteiger partial charge < -0.3 is 14.5 Å². The third kappa shape index (κ3) is 2.95. The number of H-pyrrole nitrogens is 1. The number of aromatic nitrogens is 3. The predicted molar refractivity (Wildman–Crippen MR) is 106 cm³/mol. The summed E-state index contributed by atoms with van der Waals surface area (Å²) in [5, 5.41) is 1.18. The summed E-state index contributed by atoms with van der Waals surface area (Å²) < 4.78 is 15.6. The van der Waals surface area contributed by atoms with Crippen molar-refractivity contribution in [1.29, 1.82) is 0 Å². The standard InChI is InChI=1S/C22H21FN4O/c23-16-7-8-17-18(14-16)25-22(24-17)20-6-3-11-27(20)21(28)10-13-26-12-9-15-4-1-2-5-19(15)26/h1-2,4-5,7-9,12,14,20H,3,6,10-11,13H2,(H,24,25). The van der Waals surface area contributed by atoms with E-state index >= 15 is 0 Å². The molecule has 0 aliphatic carbocycles. The van der Waals surface area contributed by atoms with Gasteiger partial charge in [0.1, 0.15) is 11.6 Å². The molecule has 3 heterocycles. The molecular weight excluding hydrogens is 355 g/mol. The summed E-state index contributed by atoms with van der Waals surface area (Å²) in [6.45, 7) is 1.39. The van der Waals surface area contributed by atoms with Gasteiger partial charge >= 0.3 is 0 Å². The molecule has 1 fully saturated rings. The molecule has 4 aromatic rings. The fourth-order valence-electron chi connectivity index (χ4n) is 4.20. The van der Waals surface area contributed by atoms with Gasteiger partial charge in [-0.05, 0) is 48.6 Å². The molecule has 1 amide bonds. The normalized spacial score (nSPS) is 17.0. The smallest absolute Gasteiger partial charge is 0.224 e. The summed E-state index contributed by atoms with van der Waals surface area (Å²) in [5.74, 6) is 0.589. The number of aromatic amines is 1. The van der Waals surface area contributed by atoms with Crippen molar-refractivity contribution >= 4 is 27.8 Å². The summed E-state index contributed by atoms with van der Waals surface area (Å²) >= 11 is 0. The number of hydrogen-bond acceptors (Lipinski definition) is 2. The van der Waals surface area contributed by atoms with Crippen LogP contribution in [0.1, 0.15) is 31.1 Å². The van der Waals surface area contributed by atoms with Gasteiger partial charge in [-0.25, -0.2) is 9.37 Å². The van der Waals surface area contributed by atoms with E-state index < -0.39 is 0 Å². The van der Waals surface area contributed by atoms with Gasteiger partial charge in [0.05, 0.1) is 17.1 Å². The van der Waals surface area contributed by atoms with E-state index in [1.165, 1.54) is 17.5 Å². The highest BCUT2D eigenvalue weighted by Gasteiger charge is 2.31. The zero-order valence-electron chi connectivity index (χ0n) is 15.4. The highest BCUT2D eigenvalue weighted by Crippen LogP contribution is 2.32. The molecule has 0 radical (unpaired) electrons. The molecule has 0 saturated carbocycles. The van der Waals surface area contributed by atoms with Gasteiger partial charge in [-0.1, -0.05) is 18.2 Å². The Balaban J connectivity index is 1.33. The summed E-state index contributed by atoms with van der Waals surface area (Å²) in [4.78, 5) is 22.7. The Labute approximate surface area is 161 Å². The minimum Gasteiger partial charge on any atom is -0.347 e. The number of nitrogens with zero attached hydrogens (tertiary/aromatic N) is 3. The molecule has 1 aliphatic rings. The van der Waals surface area contributed by atoms with Crippen molar-refractivity contribution in [2.45, 2.75) is 31.8 Å². The highest BCUT2D eigenvalue weighted by atomic mass is 19.1. The number of para-hydroxylation sites is 1. The van der Waals surface area contributed by atoms with E-state index in [0.717, 1.165) is 36.2 Å². The molecule has 2 aromatic carbocycles. The molecule has 5 nitrogen and oxygen atoms in total. The number of carbonyl (C=O) groups is 1.